The predicted octanol–water partition coefficient (Wildman–Crippen LogP) is 1.35. The highest BCUT2D eigenvalue weighted by atomic mass is 19.1. The van der Waals surface area contributed by atoms with Crippen LogP contribution in [0.4, 0.5) is 10.1 Å². The standard InChI is InChI=1S/C11H11BFN3/c1-6(14)16-10(15)3-2-7-4-8(12)5-9(13)11(7)16/h4-5,14-15H,2-3H2,1H3. The Kier molecular flexibility index (Phi) is 2.54. The molecule has 2 rings (SSSR count). The van der Waals surface area contributed by atoms with E-state index in [0.29, 0.717) is 24.0 Å². The molecule has 1 aliphatic heterocycles. The average Bonchev–Trinajstić information content (AvgIpc) is 2.18. The van der Waals surface area contributed by atoms with Crippen LogP contribution in [-0.2, 0) is 6.42 Å². The summed E-state index contributed by atoms with van der Waals surface area (Å²) in [5.41, 5.74) is 1.45. The summed E-state index contributed by atoms with van der Waals surface area (Å²) in [6.45, 7) is 1.54. The van der Waals surface area contributed by atoms with Crippen LogP contribution in [0.25, 0.3) is 0 Å². The fourth-order valence-corrected chi connectivity index (χ4v) is 1.99. The van der Waals surface area contributed by atoms with Crippen molar-refractivity contribution < 1.29 is 4.39 Å². The zero-order valence-electron chi connectivity index (χ0n) is 8.97. The van der Waals surface area contributed by atoms with Gasteiger partial charge in [-0.25, -0.2) is 4.39 Å². The Bertz CT molecular complexity index is 484. The first-order chi connectivity index (χ1) is 7.50. The lowest BCUT2D eigenvalue weighted by Gasteiger charge is -2.31. The van der Waals surface area contributed by atoms with E-state index in [-0.39, 0.29) is 11.7 Å². The summed E-state index contributed by atoms with van der Waals surface area (Å²) < 4.78 is 13.8. The summed E-state index contributed by atoms with van der Waals surface area (Å²) in [4.78, 5) is 1.33. The Morgan fingerprint density at radius 3 is 2.75 bits per heavy atom. The van der Waals surface area contributed by atoms with E-state index in [4.69, 9.17) is 18.7 Å². The van der Waals surface area contributed by atoms with Crippen LogP contribution in [0.1, 0.15) is 18.9 Å². The summed E-state index contributed by atoms with van der Waals surface area (Å²) in [5, 5.41) is 15.3. The molecule has 0 spiro atoms. The van der Waals surface area contributed by atoms with Gasteiger partial charge in [0.1, 0.15) is 25.3 Å². The maximum absolute atomic E-state index is 13.8. The van der Waals surface area contributed by atoms with Gasteiger partial charge in [0.05, 0.1) is 5.69 Å². The molecule has 1 aromatic rings. The Morgan fingerprint density at radius 2 is 2.12 bits per heavy atom. The summed E-state index contributed by atoms with van der Waals surface area (Å²) in [6.07, 6.45) is 1.10. The first-order valence-corrected chi connectivity index (χ1v) is 5.01. The molecule has 0 amide bonds. The minimum atomic E-state index is -0.467. The maximum atomic E-state index is 13.8. The predicted molar refractivity (Wildman–Crippen MR) is 63.7 cm³/mol. The van der Waals surface area contributed by atoms with Crippen LogP contribution in [-0.4, -0.2) is 19.5 Å². The van der Waals surface area contributed by atoms with Crippen LogP contribution in [0, 0.1) is 16.6 Å². The summed E-state index contributed by atoms with van der Waals surface area (Å²) in [5.74, 6) is -0.0654. The van der Waals surface area contributed by atoms with Gasteiger partial charge < -0.3 is 0 Å². The lowest BCUT2D eigenvalue weighted by molar-refractivity contribution is 0.626. The van der Waals surface area contributed by atoms with Crippen LogP contribution in [0.5, 0.6) is 0 Å². The topological polar surface area (TPSA) is 50.9 Å². The largest absolute Gasteiger partial charge is 0.288 e. The third kappa shape index (κ3) is 1.62. The second-order valence-corrected chi connectivity index (χ2v) is 3.88. The van der Waals surface area contributed by atoms with E-state index in [1.54, 1.807) is 13.0 Å². The molecule has 3 nitrogen and oxygen atoms in total. The molecular weight excluding hydrogens is 204 g/mol. The number of aryl methyl sites for hydroxylation is 1. The molecule has 0 fully saturated rings. The van der Waals surface area contributed by atoms with Crippen LogP contribution < -0.4 is 10.4 Å². The van der Waals surface area contributed by atoms with Gasteiger partial charge in [0, 0.05) is 6.42 Å². The van der Waals surface area contributed by atoms with Crippen molar-refractivity contribution in [2.24, 2.45) is 0 Å². The number of fused-ring (bicyclic) bond motifs is 1. The van der Waals surface area contributed by atoms with Gasteiger partial charge in [-0.15, -0.1) is 0 Å². The van der Waals surface area contributed by atoms with E-state index in [2.05, 4.69) is 0 Å². The SMILES string of the molecule is [B]c1cc(F)c2c(c1)CCC(=N)N2C(C)=N. The van der Waals surface area contributed by atoms with Gasteiger partial charge in [-0.2, -0.15) is 0 Å². The molecule has 1 heterocycles. The molecule has 0 saturated carbocycles. The summed E-state index contributed by atoms with van der Waals surface area (Å²) in [7, 11) is 5.57. The number of hydrogen-bond acceptors (Lipinski definition) is 2. The van der Waals surface area contributed by atoms with Gasteiger partial charge in [0.25, 0.3) is 0 Å². The van der Waals surface area contributed by atoms with E-state index in [0.717, 1.165) is 5.56 Å². The van der Waals surface area contributed by atoms with Crippen molar-refractivity contribution >= 4 is 30.7 Å². The highest BCUT2D eigenvalue weighted by Gasteiger charge is 2.26. The molecule has 80 valence electrons. The van der Waals surface area contributed by atoms with E-state index in [9.17, 15) is 4.39 Å². The van der Waals surface area contributed by atoms with Gasteiger partial charge in [-0.05, 0) is 25.0 Å². The molecule has 0 bridgehead atoms. The van der Waals surface area contributed by atoms with Crippen LogP contribution >= 0.6 is 0 Å². The Hall–Kier alpha value is -1.65. The van der Waals surface area contributed by atoms with Gasteiger partial charge in [-0.1, -0.05) is 11.5 Å². The molecule has 1 aliphatic rings. The number of halogens is 1. The number of nitrogens with one attached hydrogen (secondary N) is 2. The Balaban J connectivity index is 2.63. The summed E-state index contributed by atoms with van der Waals surface area (Å²) in [6, 6.07) is 2.94. The number of anilines is 1. The average molecular weight is 215 g/mol. The first kappa shape index (κ1) is 10.9. The maximum Gasteiger partial charge on any atom is 0.146 e. The molecule has 1 aromatic carbocycles. The second-order valence-electron chi connectivity index (χ2n) is 3.88. The fourth-order valence-electron chi connectivity index (χ4n) is 1.99. The van der Waals surface area contributed by atoms with Crippen molar-refractivity contribution in [1.29, 1.82) is 10.8 Å². The van der Waals surface area contributed by atoms with E-state index in [1.807, 2.05) is 0 Å². The fraction of sp³-hybridized carbons (Fsp3) is 0.273. The lowest BCUT2D eigenvalue weighted by atomic mass is 9.90. The highest BCUT2D eigenvalue weighted by Crippen LogP contribution is 2.30. The third-order valence-electron chi connectivity index (χ3n) is 2.62. The summed E-state index contributed by atoms with van der Waals surface area (Å²) >= 11 is 0. The molecular formula is C11H11BFN3. The Labute approximate surface area is 94.7 Å². The molecule has 5 heteroatoms. The minimum Gasteiger partial charge on any atom is -0.288 e. The van der Waals surface area contributed by atoms with Crippen molar-refractivity contribution in [1.82, 2.24) is 0 Å². The van der Waals surface area contributed by atoms with Crippen molar-refractivity contribution in [3.8, 4) is 0 Å². The molecule has 2 radical (unpaired) electrons. The molecule has 0 atom stereocenters. The monoisotopic (exact) mass is 215 g/mol. The van der Waals surface area contributed by atoms with E-state index >= 15 is 0 Å². The number of amidine groups is 2. The minimum absolute atomic E-state index is 0.148. The molecule has 0 saturated heterocycles. The highest BCUT2D eigenvalue weighted by molar-refractivity contribution is 6.32. The smallest absolute Gasteiger partial charge is 0.146 e. The van der Waals surface area contributed by atoms with Crippen molar-refractivity contribution in [2.45, 2.75) is 19.8 Å². The zero-order chi connectivity index (χ0) is 11.9. The molecule has 16 heavy (non-hydrogen) atoms. The van der Waals surface area contributed by atoms with Gasteiger partial charge >= 0.3 is 0 Å². The quantitative estimate of drug-likeness (QED) is 0.383. The molecule has 0 aliphatic carbocycles. The van der Waals surface area contributed by atoms with Gasteiger partial charge in [-0.3, -0.25) is 15.7 Å². The van der Waals surface area contributed by atoms with Crippen molar-refractivity contribution in [3.63, 3.8) is 0 Å². The second kappa shape index (κ2) is 3.74. The number of hydrogen-bond donors (Lipinski definition) is 2. The van der Waals surface area contributed by atoms with Crippen LogP contribution in [0.15, 0.2) is 12.1 Å². The van der Waals surface area contributed by atoms with Gasteiger partial charge in [0.2, 0.25) is 0 Å². The first-order valence-electron chi connectivity index (χ1n) is 5.01. The van der Waals surface area contributed by atoms with Crippen LogP contribution in [0.3, 0.4) is 0 Å². The van der Waals surface area contributed by atoms with Crippen LogP contribution in [0.2, 0.25) is 0 Å². The lowest BCUT2D eigenvalue weighted by Crippen LogP contribution is -2.39. The normalized spacial score (nSPS) is 14.9. The van der Waals surface area contributed by atoms with E-state index < -0.39 is 5.82 Å². The van der Waals surface area contributed by atoms with Crippen molar-refractivity contribution in [3.05, 3.63) is 23.5 Å². The molecule has 2 N–H and O–H groups in total. The van der Waals surface area contributed by atoms with Crippen molar-refractivity contribution in [2.75, 3.05) is 4.90 Å². The third-order valence-corrected chi connectivity index (χ3v) is 2.62. The number of rotatable bonds is 0. The number of nitrogens with zero attached hydrogens (tertiary/aromatic N) is 1. The Morgan fingerprint density at radius 1 is 1.44 bits per heavy atom. The molecule has 0 unspecified atom stereocenters. The van der Waals surface area contributed by atoms with Gasteiger partial charge in [0.15, 0.2) is 0 Å². The zero-order valence-corrected chi connectivity index (χ0v) is 8.97. The molecule has 0 aromatic heterocycles. The number of benzene rings is 1. The van der Waals surface area contributed by atoms with E-state index in [1.165, 1.54) is 11.0 Å².